The van der Waals surface area contributed by atoms with E-state index in [4.69, 9.17) is 0 Å². The Morgan fingerprint density at radius 2 is 2.10 bits per heavy atom. The van der Waals surface area contributed by atoms with Crippen LogP contribution in [0.25, 0.3) is 0 Å². The van der Waals surface area contributed by atoms with Gasteiger partial charge in [0.15, 0.2) is 0 Å². The van der Waals surface area contributed by atoms with Crippen molar-refractivity contribution in [2.75, 3.05) is 11.4 Å². The molecule has 5 heteroatoms. The molecule has 0 saturated carbocycles. The van der Waals surface area contributed by atoms with Crippen LogP contribution in [-0.4, -0.2) is 24.4 Å². The van der Waals surface area contributed by atoms with Gasteiger partial charge in [-0.2, -0.15) is 0 Å². The van der Waals surface area contributed by atoms with Crippen molar-refractivity contribution in [3.8, 4) is 0 Å². The van der Waals surface area contributed by atoms with E-state index in [1.165, 1.54) is 12.1 Å². The van der Waals surface area contributed by atoms with Crippen molar-refractivity contribution < 1.29 is 14.0 Å². The Hall–Kier alpha value is -1.91. The van der Waals surface area contributed by atoms with Crippen LogP contribution in [-0.2, 0) is 9.59 Å². The van der Waals surface area contributed by atoms with Crippen molar-refractivity contribution in [2.45, 2.75) is 39.2 Å². The van der Waals surface area contributed by atoms with Crippen molar-refractivity contribution in [1.29, 1.82) is 0 Å². The van der Waals surface area contributed by atoms with E-state index in [0.717, 1.165) is 12.8 Å². The molecule has 1 aromatic carbocycles. The van der Waals surface area contributed by atoms with Gasteiger partial charge in [-0.25, -0.2) is 4.39 Å². The van der Waals surface area contributed by atoms with Crippen molar-refractivity contribution in [3.05, 3.63) is 30.1 Å². The number of hydrogen-bond acceptors (Lipinski definition) is 2. The highest BCUT2D eigenvalue weighted by Gasteiger charge is 2.35. The lowest BCUT2D eigenvalue weighted by Gasteiger charge is -2.18. The normalized spacial score (nSPS) is 19.7. The molecule has 1 aromatic rings. The van der Waals surface area contributed by atoms with Gasteiger partial charge in [-0.3, -0.25) is 9.59 Å². The summed E-state index contributed by atoms with van der Waals surface area (Å²) >= 11 is 0. The molecule has 1 fully saturated rings. The third-order valence-electron chi connectivity index (χ3n) is 3.74. The molecule has 114 valence electrons. The fourth-order valence-corrected chi connectivity index (χ4v) is 2.62. The molecule has 0 bridgehead atoms. The first kappa shape index (κ1) is 15.5. The monoisotopic (exact) mass is 292 g/mol. The van der Waals surface area contributed by atoms with Gasteiger partial charge in [0.25, 0.3) is 0 Å². The Morgan fingerprint density at radius 1 is 1.43 bits per heavy atom. The predicted octanol–water partition coefficient (Wildman–Crippen LogP) is 2.48. The second-order valence-corrected chi connectivity index (χ2v) is 5.58. The van der Waals surface area contributed by atoms with Crippen molar-refractivity contribution >= 4 is 17.5 Å². The van der Waals surface area contributed by atoms with Crippen LogP contribution in [0.3, 0.4) is 0 Å². The zero-order chi connectivity index (χ0) is 15.4. The number of rotatable bonds is 5. The van der Waals surface area contributed by atoms with E-state index in [2.05, 4.69) is 12.2 Å². The third kappa shape index (κ3) is 3.80. The van der Waals surface area contributed by atoms with Gasteiger partial charge in [0.1, 0.15) is 5.82 Å². The van der Waals surface area contributed by atoms with E-state index in [9.17, 15) is 14.0 Å². The first-order valence-electron chi connectivity index (χ1n) is 7.37. The molecular formula is C16H21FN2O2. The first-order valence-corrected chi connectivity index (χ1v) is 7.37. The molecule has 2 unspecified atom stereocenters. The molecule has 2 atom stereocenters. The Bertz CT molecular complexity index is 516. The molecule has 0 aliphatic carbocycles. The van der Waals surface area contributed by atoms with Crippen molar-refractivity contribution in [1.82, 2.24) is 5.32 Å². The lowest BCUT2D eigenvalue weighted by atomic mass is 10.1. The summed E-state index contributed by atoms with van der Waals surface area (Å²) in [6, 6.07) is 5.89. The maximum absolute atomic E-state index is 12.9. The van der Waals surface area contributed by atoms with Crippen LogP contribution in [0.5, 0.6) is 0 Å². The zero-order valence-electron chi connectivity index (χ0n) is 12.4. The molecular weight excluding hydrogens is 271 g/mol. The van der Waals surface area contributed by atoms with Crippen LogP contribution in [0.4, 0.5) is 10.1 Å². The summed E-state index contributed by atoms with van der Waals surface area (Å²) in [5.74, 6) is -0.839. The highest BCUT2D eigenvalue weighted by atomic mass is 19.1. The van der Waals surface area contributed by atoms with Crippen LogP contribution in [0, 0.1) is 11.7 Å². The van der Waals surface area contributed by atoms with Crippen LogP contribution in [0.2, 0.25) is 0 Å². The van der Waals surface area contributed by atoms with Gasteiger partial charge in [-0.1, -0.05) is 13.3 Å². The molecule has 1 saturated heterocycles. The van der Waals surface area contributed by atoms with Gasteiger partial charge in [-0.15, -0.1) is 0 Å². The van der Waals surface area contributed by atoms with Gasteiger partial charge in [-0.05, 0) is 37.6 Å². The number of amides is 2. The first-order chi connectivity index (χ1) is 10.0. The summed E-state index contributed by atoms with van der Waals surface area (Å²) in [6.07, 6.45) is 2.14. The lowest BCUT2D eigenvalue weighted by Crippen LogP contribution is -2.38. The SMILES string of the molecule is CCCC(C)NC(=O)C1CC(=O)N(c2ccc(F)cc2)C1. The second kappa shape index (κ2) is 6.70. The molecule has 21 heavy (non-hydrogen) atoms. The van der Waals surface area contributed by atoms with Crippen LogP contribution in [0.15, 0.2) is 24.3 Å². The van der Waals surface area contributed by atoms with Gasteiger partial charge < -0.3 is 10.2 Å². The molecule has 1 aliphatic rings. The summed E-state index contributed by atoms with van der Waals surface area (Å²) in [7, 11) is 0. The minimum absolute atomic E-state index is 0.0751. The zero-order valence-corrected chi connectivity index (χ0v) is 12.4. The standard InChI is InChI=1S/C16H21FN2O2/c1-3-4-11(2)18-16(21)12-9-15(20)19(10-12)14-7-5-13(17)6-8-14/h5-8,11-12H,3-4,9-10H2,1-2H3,(H,18,21). The number of carbonyl (C=O) groups excluding carboxylic acids is 2. The Labute approximate surface area is 124 Å². The average Bonchev–Trinajstić information content (AvgIpc) is 2.82. The number of halogens is 1. The van der Waals surface area contributed by atoms with E-state index in [1.54, 1.807) is 17.0 Å². The predicted molar refractivity (Wildman–Crippen MR) is 79.4 cm³/mol. The maximum atomic E-state index is 12.9. The lowest BCUT2D eigenvalue weighted by molar-refractivity contribution is -0.126. The summed E-state index contributed by atoms with van der Waals surface area (Å²) in [5.41, 5.74) is 0.637. The molecule has 0 aromatic heterocycles. The minimum Gasteiger partial charge on any atom is -0.353 e. The van der Waals surface area contributed by atoms with Gasteiger partial charge in [0.2, 0.25) is 11.8 Å². The van der Waals surface area contributed by atoms with Gasteiger partial charge in [0.05, 0.1) is 5.92 Å². The fourth-order valence-electron chi connectivity index (χ4n) is 2.62. The number of nitrogens with one attached hydrogen (secondary N) is 1. The quantitative estimate of drug-likeness (QED) is 0.906. The molecule has 4 nitrogen and oxygen atoms in total. The minimum atomic E-state index is -0.340. The second-order valence-electron chi connectivity index (χ2n) is 5.58. The highest BCUT2D eigenvalue weighted by molar-refractivity contribution is 6.00. The van der Waals surface area contributed by atoms with Gasteiger partial charge >= 0.3 is 0 Å². The topological polar surface area (TPSA) is 49.4 Å². The molecule has 2 rings (SSSR count). The molecule has 1 heterocycles. The fraction of sp³-hybridized carbons (Fsp3) is 0.500. The largest absolute Gasteiger partial charge is 0.353 e. The number of nitrogens with zero attached hydrogens (tertiary/aromatic N) is 1. The smallest absolute Gasteiger partial charge is 0.227 e. The third-order valence-corrected chi connectivity index (χ3v) is 3.74. The van der Waals surface area contributed by atoms with Gasteiger partial charge in [0, 0.05) is 24.7 Å². The average molecular weight is 292 g/mol. The van der Waals surface area contributed by atoms with E-state index >= 15 is 0 Å². The Kier molecular flexibility index (Phi) is 4.94. The van der Waals surface area contributed by atoms with Crippen LogP contribution in [0.1, 0.15) is 33.1 Å². The van der Waals surface area contributed by atoms with E-state index in [0.29, 0.717) is 12.2 Å². The van der Waals surface area contributed by atoms with Crippen molar-refractivity contribution in [3.63, 3.8) is 0 Å². The van der Waals surface area contributed by atoms with Crippen LogP contribution < -0.4 is 10.2 Å². The summed E-state index contributed by atoms with van der Waals surface area (Å²) in [5, 5.41) is 2.95. The molecule has 1 N–H and O–H groups in total. The molecule has 0 radical (unpaired) electrons. The Morgan fingerprint density at radius 3 is 2.71 bits per heavy atom. The number of carbonyl (C=O) groups is 2. The van der Waals surface area contributed by atoms with E-state index in [-0.39, 0.29) is 36.0 Å². The molecule has 2 amide bonds. The Balaban J connectivity index is 1.99. The summed E-state index contributed by atoms with van der Waals surface area (Å²) < 4.78 is 12.9. The highest BCUT2D eigenvalue weighted by Crippen LogP contribution is 2.25. The van der Waals surface area contributed by atoms with Crippen molar-refractivity contribution in [2.24, 2.45) is 5.92 Å². The maximum Gasteiger partial charge on any atom is 0.227 e. The number of hydrogen-bond donors (Lipinski definition) is 1. The van der Waals surface area contributed by atoms with E-state index in [1.807, 2.05) is 6.92 Å². The number of anilines is 1. The number of benzene rings is 1. The molecule has 0 spiro atoms. The van der Waals surface area contributed by atoms with Crippen LogP contribution >= 0.6 is 0 Å². The summed E-state index contributed by atoms with van der Waals surface area (Å²) in [6.45, 7) is 4.39. The summed E-state index contributed by atoms with van der Waals surface area (Å²) in [4.78, 5) is 25.7. The van der Waals surface area contributed by atoms with E-state index < -0.39 is 0 Å². The molecule has 1 aliphatic heterocycles.